The van der Waals surface area contributed by atoms with Crippen molar-refractivity contribution < 1.29 is 4.79 Å². The van der Waals surface area contributed by atoms with Gasteiger partial charge in [-0.25, -0.2) is 4.98 Å². The van der Waals surface area contributed by atoms with Gasteiger partial charge in [0.2, 0.25) is 0 Å². The van der Waals surface area contributed by atoms with Gasteiger partial charge in [-0.2, -0.15) is 0 Å². The third-order valence-electron chi connectivity index (χ3n) is 3.49. The van der Waals surface area contributed by atoms with Crippen LogP contribution in [0.3, 0.4) is 0 Å². The third kappa shape index (κ3) is 2.98. The van der Waals surface area contributed by atoms with Gasteiger partial charge in [0.25, 0.3) is 5.56 Å². The molecule has 1 aliphatic heterocycles. The van der Waals surface area contributed by atoms with Crippen LogP contribution in [0, 0.1) is 0 Å². The number of fused-ring (bicyclic) bond motifs is 1. The van der Waals surface area contributed by atoms with E-state index in [4.69, 9.17) is 0 Å². The van der Waals surface area contributed by atoms with E-state index >= 15 is 0 Å². The lowest BCUT2D eigenvalue weighted by Crippen LogP contribution is -2.24. The molecule has 1 aromatic carbocycles. The Bertz CT molecular complexity index is 757. The number of hydrogen-bond acceptors (Lipinski definition) is 5. The number of nitrogens with zero attached hydrogens (tertiary/aromatic N) is 2. The predicted octanol–water partition coefficient (Wildman–Crippen LogP) is 2.89. The van der Waals surface area contributed by atoms with Crippen molar-refractivity contribution >= 4 is 29.3 Å². The summed E-state index contributed by atoms with van der Waals surface area (Å²) in [6.07, 6.45) is 0.833. The molecule has 0 aliphatic carbocycles. The van der Waals surface area contributed by atoms with E-state index in [-0.39, 0.29) is 11.3 Å². The second-order valence-electron chi connectivity index (χ2n) is 4.90. The van der Waals surface area contributed by atoms with Crippen molar-refractivity contribution in [2.45, 2.75) is 29.9 Å². The lowest BCUT2D eigenvalue weighted by Gasteiger charge is -2.11. The van der Waals surface area contributed by atoms with Crippen molar-refractivity contribution in [3.05, 3.63) is 51.9 Å². The van der Waals surface area contributed by atoms with Gasteiger partial charge in [0, 0.05) is 24.3 Å². The van der Waals surface area contributed by atoms with Gasteiger partial charge in [-0.1, -0.05) is 42.1 Å². The average molecular weight is 332 g/mol. The van der Waals surface area contributed by atoms with E-state index in [0.717, 1.165) is 22.8 Å². The first-order valence-electron chi connectivity index (χ1n) is 7.18. The molecule has 0 fully saturated rings. The number of aromatic nitrogens is 2. The maximum Gasteiger partial charge on any atom is 0.268 e. The Morgan fingerprint density at radius 2 is 2.14 bits per heavy atom. The summed E-state index contributed by atoms with van der Waals surface area (Å²) in [5, 5.41) is 0.651. The van der Waals surface area contributed by atoms with E-state index in [0.29, 0.717) is 23.0 Å². The standard InChI is InChI=1S/C16H16N2O2S2/c1-2-18-15(20)14-12(8-9-21-14)17-16(18)22-10-13(19)11-6-4-3-5-7-11/h3-7H,2,8-10H2,1H3. The van der Waals surface area contributed by atoms with Crippen molar-refractivity contribution in [2.24, 2.45) is 0 Å². The molecule has 2 heterocycles. The zero-order chi connectivity index (χ0) is 15.5. The molecule has 1 aromatic heterocycles. The monoisotopic (exact) mass is 332 g/mol. The van der Waals surface area contributed by atoms with Gasteiger partial charge < -0.3 is 0 Å². The van der Waals surface area contributed by atoms with Crippen molar-refractivity contribution in [2.75, 3.05) is 11.5 Å². The number of hydrogen-bond donors (Lipinski definition) is 0. The molecule has 0 spiro atoms. The summed E-state index contributed by atoms with van der Waals surface area (Å²) >= 11 is 2.93. The normalized spacial score (nSPS) is 13.1. The van der Waals surface area contributed by atoms with Crippen LogP contribution in [0.2, 0.25) is 0 Å². The Balaban J connectivity index is 1.82. The molecular formula is C16H16N2O2S2. The second-order valence-corrected chi connectivity index (χ2v) is 6.94. The van der Waals surface area contributed by atoms with Crippen LogP contribution in [0.4, 0.5) is 0 Å². The molecule has 22 heavy (non-hydrogen) atoms. The maximum absolute atomic E-state index is 12.4. The van der Waals surface area contributed by atoms with Crippen LogP contribution in [-0.4, -0.2) is 26.8 Å². The third-order valence-corrected chi connectivity index (χ3v) is 5.58. The molecule has 0 atom stereocenters. The van der Waals surface area contributed by atoms with E-state index in [1.807, 2.05) is 37.3 Å². The molecule has 4 nitrogen and oxygen atoms in total. The predicted molar refractivity (Wildman–Crippen MR) is 90.1 cm³/mol. The number of carbonyl (C=O) groups is 1. The lowest BCUT2D eigenvalue weighted by atomic mass is 10.2. The molecule has 0 saturated carbocycles. The minimum absolute atomic E-state index is 0.0321. The largest absolute Gasteiger partial charge is 0.293 e. The van der Waals surface area contributed by atoms with Gasteiger partial charge in [-0.15, -0.1) is 11.8 Å². The molecule has 6 heteroatoms. The Kier molecular flexibility index (Phi) is 4.69. The zero-order valence-electron chi connectivity index (χ0n) is 12.2. The Labute approximate surface area is 137 Å². The summed E-state index contributed by atoms with van der Waals surface area (Å²) in [6.45, 7) is 2.50. The summed E-state index contributed by atoms with van der Waals surface area (Å²) in [6, 6.07) is 9.21. The van der Waals surface area contributed by atoms with Crippen LogP contribution >= 0.6 is 23.5 Å². The molecule has 0 radical (unpaired) electrons. The number of aryl methyl sites for hydroxylation is 1. The highest BCUT2D eigenvalue weighted by atomic mass is 32.2. The summed E-state index contributed by atoms with van der Waals surface area (Å²) < 4.78 is 1.67. The highest BCUT2D eigenvalue weighted by Crippen LogP contribution is 2.28. The fraction of sp³-hybridized carbons (Fsp3) is 0.312. The molecule has 0 N–H and O–H groups in total. The molecule has 0 bridgehead atoms. The van der Waals surface area contributed by atoms with Gasteiger partial charge in [0.15, 0.2) is 10.9 Å². The van der Waals surface area contributed by atoms with Gasteiger partial charge >= 0.3 is 0 Å². The number of rotatable bonds is 5. The molecule has 3 rings (SSSR count). The minimum atomic E-state index is 0.0321. The smallest absolute Gasteiger partial charge is 0.268 e. The maximum atomic E-state index is 12.4. The fourth-order valence-corrected chi connectivity index (χ4v) is 4.37. The van der Waals surface area contributed by atoms with Gasteiger partial charge in [0.05, 0.1) is 16.3 Å². The SMILES string of the molecule is CCn1c(SCC(=O)c2ccccc2)nc2c(c1=O)SCC2. The summed E-state index contributed by atoms with van der Waals surface area (Å²) in [5.74, 6) is 1.26. The van der Waals surface area contributed by atoms with E-state index in [1.165, 1.54) is 11.8 Å². The Morgan fingerprint density at radius 1 is 1.36 bits per heavy atom. The van der Waals surface area contributed by atoms with Crippen LogP contribution in [0.1, 0.15) is 23.0 Å². The van der Waals surface area contributed by atoms with Gasteiger partial charge in [0.1, 0.15) is 0 Å². The van der Waals surface area contributed by atoms with Crippen molar-refractivity contribution in [3.63, 3.8) is 0 Å². The van der Waals surface area contributed by atoms with E-state index in [1.54, 1.807) is 16.3 Å². The summed E-state index contributed by atoms with van der Waals surface area (Å²) in [4.78, 5) is 30.0. The summed E-state index contributed by atoms with van der Waals surface area (Å²) in [7, 11) is 0. The number of Topliss-reactive ketones (excluding diaryl/α,β-unsaturated/α-hetero) is 1. The number of thioether (sulfide) groups is 2. The van der Waals surface area contributed by atoms with Crippen LogP contribution in [-0.2, 0) is 13.0 Å². The molecule has 1 aliphatic rings. The van der Waals surface area contributed by atoms with E-state index in [9.17, 15) is 9.59 Å². The average Bonchev–Trinajstić information content (AvgIpc) is 3.02. The van der Waals surface area contributed by atoms with Crippen LogP contribution in [0.25, 0.3) is 0 Å². The van der Waals surface area contributed by atoms with Crippen molar-refractivity contribution in [1.82, 2.24) is 9.55 Å². The highest BCUT2D eigenvalue weighted by Gasteiger charge is 2.21. The molecule has 0 saturated heterocycles. The molecule has 114 valence electrons. The first-order valence-corrected chi connectivity index (χ1v) is 9.15. The van der Waals surface area contributed by atoms with Crippen LogP contribution < -0.4 is 5.56 Å². The van der Waals surface area contributed by atoms with E-state index in [2.05, 4.69) is 4.98 Å². The second kappa shape index (κ2) is 6.71. The first kappa shape index (κ1) is 15.4. The molecular weight excluding hydrogens is 316 g/mol. The Morgan fingerprint density at radius 3 is 2.86 bits per heavy atom. The molecule has 0 unspecified atom stereocenters. The highest BCUT2D eigenvalue weighted by molar-refractivity contribution is 8.00. The zero-order valence-corrected chi connectivity index (χ0v) is 13.9. The number of benzene rings is 1. The minimum Gasteiger partial charge on any atom is -0.293 e. The lowest BCUT2D eigenvalue weighted by molar-refractivity contribution is 0.102. The Hall–Kier alpha value is -1.53. The van der Waals surface area contributed by atoms with Crippen molar-refractivity contribution in [3.8, 4) is 0 Å². The van der Waals surface area contributed by atoms with Gasteiger partial charge in [-0.05, 0) is 6.92 Å². The fourth-order valence-electron chi connectivity index (χ4n) is 2.35. The molecule has 2 aromatic rings. The first-order chi connectivity index (χ1) is 10.7. The molecule has 0 amide bonds. The number of ketones is 1. The van der Waals surface area contributed by atoms with Crippen molar-refractivity contribution in [1.29, 1.82) is 0 Å². The van der Waals surface area contributed by atoms with Crippen LogP contribution in [0.5, 0.6) is 0 Å². The van der Waals surface area contributed by atoms with E-state index < -0.39 is 0 Å². The summed E-state index contributed by atoms with van der Waals surface area (Å²) in [5.41, 5.74) is 1.61. The topological polar surface area (TPSA) is 52.0 Å². The van der Waals surface area contributed by atoms with Gasteiger partial charge in [-0.3, -0.25) is 14.2 Å². The number of carbonyl (C=O) groups excluding carboxylic acids is 1. The quantitative estimate of drug-likeness (QED) is 0.479. The van der Waals surface area contributed by atoms with Crippen LogP contribution in [0.15, 0.2) is 45.2 Å².